The highest BCUT2D eigenvalue weighted by molar-refractivity contribution is 7.96. The van der Waals surface area contributed by atoms with Crippen molar-refractivity contribution in [3.63, 3.8) is 0 Å². The number of anilines is 2. The normalized spacial score (nSPS) is 18.0. The van der Waals surface area contributed by atoms with E-state index in [1.54, 1.807) is 53.3 Å². The summed E-state index contributed by atoms with van der Waals surface area (Å²) < 4.78 is 31.4. The van der Waals surface area contributed by atoms with Gasteiger partial charge in [-0.05, 0) is 49.2 Å². The molecule has 2 aromatic carbocycles. The Morgan fingerprint density at radius 3 is 2.33 bits per heavy atom. The van der Waals surface area contributed by atoms with E-state index >= 15 is 0 Å². The van der Waals surface area contributed by atoms with Crippen molar-refractivity contribution in [1.82, 2.24) is 4.90 Å². The molecule has 2 aromatic rings. The summed E-state index contributed by atoms with van der Waals surface area (Å²) in [7, 11) is -2.28. The first-order valence-corrected chi connectivity index (χ1v) is 10.3. The number of para-hydroxylation sites is 1. The molecule has 1 fully saturated rings. The lowest BCUT2D eigenvalue weighted by Crippen LogP contribution is -2.35. The third kappa shape index (κ3) is 2.98. The third-order valence-corrected chi connectivity index (χ3v) is 6.69. The van der Waals surface area contributed by atoms with Crippen LogP contribution in [0.15, 0.2) is 64.5 Å². The number of fused-ring (bicyclic) bond motifs is 1. The predicted octanol–water partition coefficient (Wildman–Crippen LogP) is 3.08. The molecule has 0 saturated carbocycles. The largest absolute Gasteiger partial charge is 0.497 e. The zero-order valence-corrected chi connectivity index (χ0v) is 15.8. The fourth-order valence-electron chi connectivity index (χ4n) is 3.46. The Morgan fingerprint density at radius 2 is 1.67 bits per heavy atom. The highest BCUT2D eigenvalue weighted by Gasteiger charge is 2.38. The number of amides is 1. The van der Waals surface area contributed by atoms with Crippen molar-refractivity contribution in [2.45, 2.75) is 17.7 Å². The van der Waals surface area contributed by atoms with Crippen LogP contribution in [0.4, 0.5) is 11.4 Å². The van der Waals surface area contributed by atoms with Crippen LogP contribution in [0.1, 0.15) is 12.8 Å². The quantitative estimate of drug-likeness (QED) is 0.814. The number of carbonyl (C=O) groups is 1. The second-order valence-corrected chi connectivity index (χ2v) is 8.42. The summed E-state index contributed by atoms with van der Waals surface area (Å²) in [5, 5.41) is 0. The Hall–Kier alpha value is -2.80. The van der Waals surface area contributed by atoms with Gasteiger partial charge in [0, 0.05) is 25.0 Å². The van der Waals surface area contributed by atoms with E-state index < -0.39 is 15.7 Å². The van der Waals surface area contributed by atoms with Gasteiger partial charge in [0.05, 0.1) is 17.7 Å². The molecule has 0 radical (unpaired) electrons. The number of methoxy groups -OCH3 is 1. The Morgan fingerprint density at radius 1 is 1.00 bits per heavy atom. The summed E-state index contributed by atoms with van der Waals surface area (Å²) in [4.78, 5) is 16.3. The first kappa shape index (κ1) is 17.6. The van der Waals surface area contributed by atoms with Crippen LogP contribution in [0, 0.1) is 0 Å². The number of likely N-dealkylation sites (tertiary alicyclic amines) is 1. The average Bonchev–Trinajstić information content (AvgIpc) is 3.23. The summed E-state index contributed by atoms with van der Waals surface area (Å²) in [6, 6.07) is 14.0. The van der Waals surface area contributed by atoms with E-state index in [-0.39, 0.29) is 9.80 Å². The maximum Gasteiger partial charge on any atom is 0.267 e. The average molecular weight is 384 g/mol. The minimum Gasteiger partial charge on any atom is -0.497 e. The molecule has 0 N–H and O–H groups in total. The van der Waals surface area contributed by atoms with E-state index in [9.17, 15) is 13.2 Å². The monoisotopic (exact) mass is 384 g/mol. The summed E-state index contributed by atoms with van der Waals surface area (Å²) in [6.07, 6.45) is 3.25. The summed E-state index contributed by atoms with van der Waals surface area (Å²) in [5.74, 6) is 0.273. The number of sulfone groups is 1. The highest BCUT2D eigenvalue weighted by atomic mass is 32.2. The molecule has 2 aliphatic rings. The molecule has 2 aliphatic heterocycles. The molecular formula is C20H20N2O4S. The standard InChI is InChI=1S/C20H20N2O4S/c1-26-16-10-8-15(9-11-16)22-14-19(20(23)21-12-4-5-13-21)27(24,25)18-7-3-2-6-17(18)22/h2-3,6-11,14H,4-5,12-13H2,1H3. The van der Waals surface area contributed by atoms with Gasteiger partial charge in [-0.15, -0.1) is 0 Å². The number of hydrogen-bond donors (Lipinski definition) is 0. The van der Waals surface area contributed by atoms with Crippen molar-refractivity contribution < 1.29 is 17.9 Å². The lowest BCUT2D eigenvalue weighted by atomic mass is 10.2. The van der Waals surface area contributed by atoms with E-state index in [0.29, 0.717) is 24.5 Å². The molecule has 1 amide bonds. The third-order valence-electron chi connectivity index (χ3n) is 4.90. The lowest BCUT2D eigenvalue weighted by Gasteiger charge is -2.30. The summed E-state index contributed by atoms with van der Waals surface area (Å²) in [5.41, 5.74) is 1.28. The van der Waals surface area contributed by atoms with Crippen LogP contribution in [0.5, 0.6) is 5.75 Å². The molecule has 0 aromatic heterocycles. The molecule has 140 valence electrons. The Bertz CT molecular complexity index is 1010. The second-order valence-electron chi connectivity index (χ2n) is 6.53. The fraction of sp³-hybridized carbons (Fsp3) is 0.250. The number of ether oxygens (including phenoxy) is 1. The molecule has 0 unspecified atom stereocenters. The molecule has 1 saturated heterocycles. The SMILES string of the molecule is COc1ccc(N2C=C(C(=O)N3CCCC3)S(=O)(=O)c3ccccc32)cc1. The van der Waals surface area contributed by atoms with Crippen LogP contribution in [0.25, 0.3) is 0 Å². The van der Waals surface area contributed by atoms with Crippen LogP contribution in [-0.2, 0) is 14.6 Å². The summed E-state index contributed by atoms with van der Waals surface area (Å²) in [6.45, 7) is 1.19. The van der Waals surface area contributed by atoms with Gasteiger partial charge in [0.25, 0.3) is 5.91 Å². The molecule has 0 atom stereocenters. The maximum atomic E-state index is 13.1. The van der Waals surface area contributed by atoms with Crippen LogP contribution >= 0.6 is 0 Å². The zero-order valence-electron chi connectivity index (χ0n) is 15.0. The molecule has 0 bridgehead atoms. The van der Waals surface area contributed by atoms with Gasteiger partial charge in [0.1, 0.15) is 5.75 Å². The molecule has 2 heterocycles. The van der Waals surface area contributed by atoms with Gasteiger partial charge in [-0.3, -0.25) is 4.79 Å². The number of benzene rings is 2. The van der Waals surface area contributed by atoms with Gasteiger partial charge in [0.2, 0.25) is 9.84 Å². The first-order chi connectivity index (χ1) is 13.0. The van der Waals surface area contributed by atoms with E-state index in [4.69, 9.17) is 4.74 Å². The van der Waals surface area contributed by atoms with Crippen molar-refractivity contribution in [2.24, 2.45) is 0 Å². The van der Waals surface area contributed by atoms with Crippen LogP contribution in [0.3, 0.4) is 0 Å². The van der Waals surface area contributed by atoms with E-state index in [1.807, 2.05) is 12.1 Å². The minimum absolute atomic E-state index is 0.144. The predicted molar refractivity (Wildman–Crippen MR) is 103 cm³/mol. The van der Waals surface area contributed by atoms with Gasteiger partial charge < -0.3 is 14.5 Å². The first-order valence-electron chi connectivity index (χ1n) is 8.81. The number of carbonyl (C=O) groups excluding carboxylic acids is 1. The number of nitrogens with zero attached hydrogens (tertiary/aromatic N) is 2. The molecule has 0 spiro atoms. The molecule has 27 heavy (non-hydrogen) atoms. The van der Waals surface area contributed by atoms with E-state index in [2.05, 4.69) is 0 Å². The Labute approximate surface area is 158 Å². The number of rotatable bonds is 3. The van der Waals surface area contributed by atoms with Crippen molar-refractivity contribution in [3.8, 4) is 5.75 Å². The van der Waals surface area contributed by atoms with Gasteiger partial charge >= 0.3 is 0 Å². The van der Waals surface area contributed by atoms with Crippen LogP contribution in [0.2, 0.25) is 0 Å². The highest BCUT2D eigenvalue weighted by Crippen LogP contribution is 2.40. The van der Waals surface area contributed by atoms with Crippen molar-refractivity contribution in [3.05, 3.63) is 59.6 Å². The maximum absolute atomic E-state index is 13.1. The molecule has 6 nitrogen and oxygen atoms in total. The molecule has 7 heteroatoms. The van der Waals surface area contributed by atoms with E-state index in [1.165, 1.54) is 6.20 Å². The lowest BCUT2D eigenvalue weighted by molar-refractivity contribution is -0.125. The van der Waals surface area contributed by atoms with Crippen molar-refractivity contribution in [2.75, 3.05) is 25.1 Å². The fourth-order valence-corrected chi connectivity index (χ4v) is 5.00. The summed E-state index contributed by atoms with van der Waals surface area (Å²) >= 11 is 0. The van der Waals surface area contributed by atoms with Gasteiger partial charge in [-0.2, -0.15) is 0 Å². The smallest absolute Gasteiger partial charge is 0.267 e. The molecule has 4 rings (SSSR count). The van der Waals surface area contributed by atoms with Gasteiger partial charge in [0.15, 0.2) is 4.91 Å². The molecular weight excluding hydrogens is 364 g/mol. The van der Waals surface area contributed by atoms with E-state index in [0.717, 1.165) is 18.5 Å². The minimum atomic E-state index is -3.87. The topological polar surface area (TPSA) is 66.9 Å². The van der Waals surface area contributed by atoms with Crippen LogP contribution < -0.4 is 9.64 Å². The number of hydrogen-bond acceptors (Lipinski definition) is 5. The van der Waals surface area contributed by atoms with Gasteiger partial charge in [-0.25, -0.2) is 8.42 Å². The van der Waals surface area contributed by atoms with Crippen molar-refractivity contribution >= 4 is 27.1 Å². The Balaban J connectivity index is 1.85. The Kier molecular flexibility index (Phi) is 4.39. The second kappa shape index (κ2) is 6.74. The van der Waals surface area contributed by atoms with Crippen molar-refractivity contribution in [1.29, 1.82) is 0 Å². The molecule has 0 aliphatic carbocycles. The van der Waals surface area contributed by atoms with Crippen LogP contribution in [-0.4, -0.2) is 39.4 Å². The van der Waals surface area contributed by atoms with Gasteiger partial charge in [-0.1, -0.05) is 12.1 Å². The zero-order chi connectivity index (χ0) is 19.0.